The summed E-state index contributed by atoms with van der Waals surface area (Å²) in [4.78, 5) is 25.3. The lowest BCUT2D eigenvalue weighted by atomic mass is 10.0. The van der Waals surface area contributed by atoms with Gasteiger partial charge in [0, 0.05) is 6.42 Å². The van der Waals surface area contributed by atoms with E-state index in [4.69, 9.17) is 9.05 Å². The molecule has 0 rings (SSSR count). The fraction of sp³-hybridized carbons (Fsp3) is 0.706. The van der Waals surface area contributed by atoms with Crippen LogP contribution in [-0.4, -0.2) is 68.5 Å². The molecule has 346 valence electrons. The number of rotatable bonds is 42. The number of hydrogen-bond acceptors (Lipinski definition) is 6. The Morgan fingerprint density at radius 2 is 1.02 bits per heavy atom. The van der Waals surface area contributed by atoms with E-state index in [-0.39, 0.29) is 18.9 Å². The van der Waals surface area contributed by atoms with Gasteiger partial charge in [-0.1, -0.05) is 202 Å². The summed E-state index contributed by atoms with van der Waals surface area (Å²) < 4.78 is 23.2. The number of likely N-dealkylation sites (N-methyl/N-ethyl adjacent to an activating group) is 1. The number of carbonyl (C=O) groups excluding carboxylic acids is 1. The van der Waals surface area contributed by atoms with Crippen LogP contribution in [0, 0.1) is 0 Å². The summed E-state index contributed by atoms with van der Waals surface area (Å²) in [5, 5.41) is 13.8. The molecule has 8 nitrogen and oxygen atoms in total. The Bertz CT molecular complexity index is 1250. The summed E-state index contributed by atoms with van der Waals surface area (Å²) in [7, 11) is 1.20. The highest BCUT2D eigenvalue weighted by Gasteiger charge is 2.23. The van der Waals surface area contributed by atoms with Crippen molar-refractivity contribution >= 4 is 13.7 Å². The molecule has 0 heterocycles. The van der Waals surface area contributed by atoms with Gasteiger partial charge in [-0.2, -0.15) is 0 Å². The van der Waals surface area contributed by atoms with Gasteiger partial charge in [0.2, 0.25) is 5.91 Å². The fourth-order valence-electron chi connectivity index (χ4n) is 6.35. The Labute approximate surface area is 369 Å². The monoisotopic (exact) mass is 859 g/mol. The lowest BCUT2D eigenvalue weighted by molar-refractivity contribution is -0.870. The zero-order valence-corrected chi connectivity index (χ0v) is 40.0. The summed E-state index contributed by atoms with van der Waals surface area (Å²) in [6.45, 7) is 4.47. The summed E-state index contributed by atoms with van der Waals surface area (Å²) in [6, 6.07) is -0.932. The molecule has 3 atom stereocenters. The first-order chi connectivity index (χ1) is 29.0. The maximum absolute atomic E-state index is 12.8. The molecule has 2 N–H and O–H groups in total. The van der Waals surface area contributed by atoms with Crippen molar-refractivity contribution in [1.29, 1.82) is 0 Å². The van der Waals surface area contributed by atoms with Gasteiger partial charge in [-0.05, 0) is 57.8 Å². The number of nitrogens with one attached hydrogen (secondary N) is 1. The van der Waals surface area contributed by atoms with Crippen LogP contribution in [0.1, 0.15) is 181 Å². The van der Waals surface area contributed by atoms with Crippen molar-refractivity contribution in [3.8, 4) is 0 Å². The molecule has 0 aromatic rings. The van der Waals surface area contributed by atoms with Gasteiger partial charge in [0.1, 0.15) is 13.2 Å². The molecular formula is C51H91N2O6P. The number of aliphatic hydroxyl groups excluding tert-OH is 1. The van der Waals surface area contributed by atoms with E-state index < -0.39 is 26.6 Å². The van der Waals surface area contributed by atoms with Gasteiger partial charge in [0.25, 0.3) is 7.82 Å². The predicted octanol–water partition coefficient (Wildman–Crippen LogP) is 13.1. The molecule has 0 spiro atoms. The van der Waals surface area contributed by atoms with Crippen LogP contribution < -0.4 is 10.2 Å². The topological polar surface area (TPSA) is 108 Å². The summed E-state index contributed by atoms with van der Waals surface area (Å²) in [6.07, 6.45) is 57.9. The number of carbonyl (C=O) groups is 1. The minimum atomic E-state index is -4.62. The maximum atomic E-state index is 12.8. The molecule has 1 amide bonds. The average Bonchev–Trinajstić information content (AvgIpc) is 3.20. The van der Waals surface area contributed by atoms with Crippen LogP contribution in [0.25, 0.3) is 0 Å². The molecule has 0 radical (unpaired) electrons. The van der Waals surface area contributed by atoms with Gasteiger partial charge in [0.05, 0.1) is 39.9 Å². The molecule has 0 saturated heterocycles. The van der Waals surface area contributed by atoms with Crippen LogP contribution in [0.3, 0.4) is 0 Å². The van der Waals surface area contributed by atoms with E-state index in [2.05, 4.69) is 79.9 Å². The molecule has 0 aliphatic heterocycles. The number of amides is 1. The molecule has 9 heteroatoms. The van der Waals surface area contributed by atoms with Crippen LogP contribution in [0.15, 0.2) is 85.1 Å². The molecule has 0 aliphatic rings. The van der Waals surface area contributed by atoms with E-state index in [0.29, 0.717) is 17.4 Å². The second-order valence-electron chi connectivity index (χ2n) is 17.1. The van der Waals surface area contributed by atoms with Crippen molar-refractivity contribution in [1.82, 2.24) is 5.32 Å². The van der Waals surface area contributed by atoms with Crippen molar-refractivity contribution in [3.63, 3.8) is 0 Å². The molecule has 0 aliphatic carbocycles. The summed E-state index contributed by atoms with van der Waals surface area (Å²) in [5.74, 6) is -0.282. The number of phosphoric ester groups is 1. The van der Waals surface area contributed by atoms with Crippen LogP contribution >= 0.6 is 7.82 Å². The second kappa shape index (κ2) is 42.0. The highest BCUT2D eigenvalue weighted by Crippen LogP contribution is 2.38. The number of nitrogens with zero attached hydrogens (tertiary/aromatic N) is 1. The van der Waals surface area contributed by atoms with E-state index in [0.717, 1.165) is 57.8 Å². The Hall–Kier alpha value is -2.32. The van der Waals surface area contributed by atoms with E-state index in [1.165, 1.54) is 96.3 Å². The highest BCUT2D eigenvalue weighted by molar-refractivity contribution is 7.45. The van der Waals surface area contributed by atoms with Crippen molar-refractivity contribution < 1.29 is 32.9 Å². The first kappa shape index (κ1) is 57.7. The maximum Gasteiger partial charge on any atom is 0.268 e. The molecule has 0 aromatic carbocycles. The predicted molar refractivity (Wildman–Crippen MR) is 256 cm³/mol. The van der Waals surface area contributed by atoms with Crippen LogP contribution in [0.4, 0.5) is 0 Å². The van der Waals surface area contributed by atoms with Gasteiger partial charge in [-0.3, -0.25) is 9.36 Å². The molecule has 60 heavy (non-hydrogen) atoms. The second-order valence-corrected chi connectivity index (χ2v) is 18.5. The normalized spacial score (nSPS) is 15.0. The van der Waals surface area contributed by atoms with Crippen molar-refractivity contribution in [2.75, 3.05) is 40.9 Å². The number of unbranched alkanes of at least 4 members (excludes halogenated alkanes) is 17. The zero-order valence-electron chi connectivity index (χ0n) is 39.1. The van der Waals surface area contributed by atoms with E-state index in [9.17, 15) is 19.4 Å². The quantitative estimate of drug-likeness (QED) is 0.0274. The van der Waals surface area contributed by atoms with E-state index >= 15 is 0 Å². The third kappa shape index (κ3) is 43.8. The molecule has 0 bridgehead atoms. The lowest BCUT2D eigenvalue weighted by Gasteiger charge is -2.29. The third-order valence-corrected chi connectivity index (χ3v) is 11.1. The van der Waals surface area contributed by atoms with Gasteiger partial charge >= 0.3 is 0 Å². The van der Waals surface area contributed by atoms with E-state index in [1.54, 1.807) is 6.08 Å². The Morgan fingerprint density at radius 1 is 0.600 bits per heavy atom. The van der Waals surface area contributed by atoms with E-state index in [1.807, 2.05) is 39.4 Å². The molecule has 0 aromatic heterocycles. The van der Waals surface area contributed by atoms with Crippen LogP contribution in [0.2, 0.25) is 0 Å². The smallest absolute Gasteiger partial charge is 0.268 e. The standard InChI is InChI=1S/C51H91N2O6P/c1-6-8-10-12-14-16-18-20-22-24-26-28-30-32-34-36-38-40-42-44-50(54)49(48-59-60(56,57)58-47-46-53(3,4)5)52-51(55)45-43-41-39-37-35-33-31-29-27-25-23-21-19-17-15-13-11-9-7-2/h9,11,15,17,21,23,27,29,33,35,39,41-42,44,49-50,54H,6-8,10,12-14,16,18-20,22,24-26,28,30-32,34,36-38,40,43,45-48H2,1-5H3,(H-,52,55,56,57)/b11-9-,17-15-,23-21-,29-27-,35-33-,41-39-,44-42+. The SMILES string of the molecule is CC/C=C\C/C=C\C/C=C\C/C=C\C/C=C\C/C=C\CCC(=O)NC(COP(=O)([O-])OCC[N+](C)(C)C)C(O)/C=C/CCCCCCCCCCCCCCCCCCC. The Morgan fingerprint density at radius 3 is 1.45 bits per heavy atom. The molecule has 3 unspecified atom stereocenters. The Kier molecular flexibility index (Phi) is 40.4. The van der Waals surface area contributed by atoms with Crippen molar-refractivity contribution in [3.05, 3.63) is 85.1 Å². The van der Waals surface area contributed by atoms with Crippen molar-refractivity contribution in [2.24, 2.45) is 0 Å². The van der Waals surface area contributed by atoms with Gasteiger partial charge in [-0.25, -0.2) is 0 Å². The molecular weight excluding hydrogens is 768 g/mol. The number of allylic oxidation sites excluding steroid dienone is 13. The minimum Gasteiger partial charge on any atom is -0.756 e. The largest absolute Gasteiger partial charge is 0.756 e. The number of aliphatic hydroxyl groups is 1. The van der Waals surface area contributed by atoms with Gasteiger partial charge in [0.15, 0.2) is 0 Å². The van der Waals surface area contributed by atoms with Crippen LogP contribution in [0.5, 0.6) is 0 Å². The molecule has 0 saturated carbocycles. The first-order valence-electron chi connectivity index (χ1n) is 23.9. The third-order valence-electron chi connectivity index (χ3n) is 10.1. The summed E-state index contributed by atoms with van der Waals surface area (Å²) >= 11 is 0. The molecule has 0 fully saturated rings. The first-order valence-corrected chi connectivity index (χ1v) is 25.4. The highest BCUT2D eigenvalue weighted by atomic mass is 31.2. The number of quaternary nitrogens is 1. The average molecular weight is 859 g/mol. The zero-order chi connectivity index (χ0) is 44.3. The van der Waals surface area contributed by atoms with Crippen LogP contribution in [-0.2, 0) is 18.4 Å². The van der Waals surface area contributed by atoms with Crippen molar-refractivity contribution in [2.45, 2.75) is 193 Å². The van der Waals surface area contributed by atoms with Gasteiger partial charge < -0.3 is 28.8 Å². The lowest BCUT2D eigenvalue weighted by Crippen LogP contribution is -2.45. The Balaban J connectivity index is 4.52. The fourth-order valence-corrected chi connectivity index (χ4v) is 7.07. The van der Waals surface area contributed by atoms with Gasteiger partial charge in [-0.15, -0.1) is 0 Å². The number of hydrogen-bond donors (Lipinski definition) is 2. The minimum absolute atomic E-state index is 0.0188. The number of phosphoric acid groups is 1. The summed E-state index contributed by atoms with van der Waals surface area (Å²) in [5.41, 5.74) is 0.